The van der Waals surface area contributed by atoms with Gasteiger partial charge in [-0.05, 0) is 32.9 Å². The summed E-state index contributed by atoms with van der Waals surface area (Å²) in [7, 11) is 2.07. The molecular weight excluding hydrogens is 460 g/mol. The normalized spacial score (nSPS) is 21.0. The molecule has 0 radical (unpaired) electrons. The highest BCUT2D eigenvalue weighted by atomic mass is 16.5. The molecule has 36 heavy (non-hydrogen) atoms. The van der Waals surface area contributed by atoms with Gasteiger partial charge < -0.3 is 19.3 Å². The molecule has 2 aliphatic heterocycles. The van der Waals surface area contributed by atoms with Crippen LogP contribution in [0.5, 0.6) is 0 Å². The summed E-state index contributed by atoms with van der Waals surface area (Å²) >= 11 is 0. The second-order valence-corrected chi connectivity index (χ2v) is 10.4. The molecule has 2 saturated heterocycles. The predicted octanol–water partition coefficient (Wildman–Crippen LogP) is 2.42. The Labute approximate surface area is 209 Å². The Bertz CT molecular complexity index is 1250. The number of carbonyl (C=O) groups is 1. The van der Waals surface area contributed by atoms with Crippen molar-refractivity contribution in [3.8, 4) is 0 Å². The molecule has 2 fully saturated rings. The lowest BCUT2D eigenvalue weighted by atomic mass is 9.71. The average molecular weight is 495 g/mol. The van der Waals surface area contributed by atoms with Crippen molar-refractivity contribution in [3.63, 3.8) is 0 Å². The Morgan fingerprint density at radius 1 is 1.31 bits per heavy atom. The number of amides is 1. The largest absolute Gasteiger partial charge is 0.337 e. The van der Waals surface area contributed by atoms with Gasteiger partial charge in [-0.15, -0.1) is 0 Å². The molecule has 5 heterocycles. The lowest BCUT2D eigenvalue weighted by molar-refractivity contribution is 0.0157. The van der Waals surface area contributed by atoms with Gasteiger partial charge in [0.1, 0.15) is 11.7 Å². The van der Waals surface area contributed by atoms with Crippen LogP contribution in [0, 0.1) is 5.41 Å². The fourth-order valence-corrected chi connectivity index (χ4v) is 5.82. The van der Waals surface area contributed by atoms with Gasteiger partial charge in [-0.25, -0.2) is 4.98 Å². The first kappa shape index (κ1) is 24.4. The van der Waals surface area contributed by atoms with Crippen LogP contribution in [0.25, 0.3) is 0 Å². The van der Waals surface area contributed by atoms with Gasteiger partial charge in [0, 0.05) is 49.9 Å². The minimum Gasteiger partial charge on any atom is -0.337 e. The third kappa shape index (κ3) is 4.36. The highest BCUT2D eigenvalue weighted by molar-refractivity contribution is 5.92. The van der Waals surface area contributed by atoms with E-state index in [1.165, 1.54) is 6.20 Å². The van der Waals surface area contributed by atoms with Crippen molar-refractivity contribution in [1.82, 2.24) is 39.7 Å². The third-order valence-electron chi connectivity index (χ3n) is 7.70. The number of hydrogen-bond donors (Lipinski definition) is 1. The van der Waals surface area contributed by atoms with E-state index in [0.29, 0.717) is 30.7 Å². The molecule has 0 saturated carbocycles. The van der Waals surface area contributed by atoms with Gasteiger partial charge in [-0.2, -0.15) is 10.1 Å². The molecule has 5 rings (SSSR count). The van der Waals surface area contributed by atoms with E-state index in [-0.39, 0.29) is 34.5 Å². The minimum atomic E-state index is -0.337. The van der Waals surface area contributed by atoms with Crippen molar-refractivity contribution in [2.45, 2.75) is 57.9 Å². The number of hydrogen-bond acceptors (Lipinski definition) is 8. The Kier molecular flexibility index (Phi) is 6.50. The summed E-state index contributed by atoms with van der Waals surface area (Å²) in [5.41, 5.74) is 0.854. The van der Waals surface area contributed by atoms with Crippen molar-refractivity contribution in [1.29, 1.82) is 0 Å². The van der Waals surface area contributed by atoms with Crippen LogP contribution < -0.4 is 5.56 Å². The van der Waals surface area contributed by atoms with Crippen LogP contribution in [-0.2, 0) is 0 Å². The number of rotatable bonds is 8. The standard InChI is InChI=1S/C25H34N8O3/c1-5-7-17(6-2)19-8-9-33(29-19)16(3)23-28-22(30-36-23)18-12-32(15-25(18)13-31(4)14-25)24(35)20-10-27-21(34)11-26-20/h8-11,16-18H,5-7,12-15H2,1-4H3,(H,27,34). The van der Waals surface area contributed by atoms with Gasteiger partial charge in [0.15, 0.2) is 5.82 Å². The zero-order chi connectivity index (χ0) is 25.4. The molecular formula is C25H34N8O3. The molecule has 3 atom stereocenters. The summed E-state index contributed by atoms with van der Waals surface area (Å²) in [6.45, 7) is 9.15. The van der Waals surface area contributed by atoms with E-state index in [0.717, 1.165) is 44.2 Å². The number of carbonyl (C=O) groups excluding carboxylic acids is 1. The van der Waals surface area contributed by atoms with Gasteiger partial charge in [-0.1, -0.05) is 25.4 Å². The Hall–Kier alpha value is -3.34. The Balaban J connectivity index is 1.35. The van der Waals surface area contributed by atoms with E-state index >= 15 is 0 Å². The van der Waals surface area contributed by atoms with E-state index < -0.39 is 0 Å². The summed E-state index contributed by atoms with van der Waals surface area (Å²) in [5, 5.41) is 9.19. The Morgan fingerprint density at radius 2 is 2.11 bits per heavy atom. The molecule has 0 bridgehead atoms. The molecule has 3 aromatic heterocycles. The van der Waals surface area contributed by atoms with Gasteiger partial charge >= 0.3 is 0 Å². The average Bonchev–Trinajstić information content (AvgIpc) is 3.60. The van der Waals surface area contributed by atoms with Crippen molar-refractivity contribution in [3.05, 3.63) is 58.1 Å². The van der Waals surface area contributed by atoms with Crippen LogP contribution in [0.3, 0.4) is 0 Å². The first-order chi connectivity index (χ1) is 17.3. The highest BCUT2D eigenvalue weighted by Crippen LogP contribution is 2.48. The number of aromatic nitrogens is 6. The summed E-state index contributed by atoms with van der Waals surface area (Å²) in [6.07, 6.45) is 7.79. The SMILES string of the molecule is CCCC(CC)c1ccn(C(C)c2nc(C3CN(C(=O)c4c[nH]c(=O)cn4)CC34CN(C)C4)no2)n1. The maximum atomic E-state index is 13.1. The van der Waals surface area contributed by atoms with E-state index in [1.807, 2.05) is 17.8 Å². The van der Waals surface area contributed by atoms with Crippen molar-refractivity contribution in [2.75, 3.05) is 33.2 Å². The zero-order valence-corrected chi connectivity index (χ0v) is 21.3. The molecule has 192 valence electrons. The Morgan fingerprint density at radius 3 is 2.78 bits per heavy atom. The molecule has 1 amide bonds. The monoisotopic (exact) mass is 494 g/mol. The summed E-state index contributed by atoms with van der Waals surface area (Å²) in [6, 6.07) is 1.89. The number of likely N-dealkylation sites (tertiary alicyclic amines) is 2. The summed E-state index contributed by atoms with van der Waals surface area (Å²) in [4.78, 5) is 39.8. The van der Waals surface area contributed by atoms with Crippen LogP contribution in [0.2, 0.25) is 0 Å². The van der Waals surface area contributed by atoms with Crippen LogP contribution in [-0.4, -0.2) is 78.8 Å². The first-order valence-corrected chi connectivity index (χ1v) is 12.7. The molecule has 0 aromatic carbocycles. The lowest BCUT2D eigenvalue weighted by Gasteiger charge is -2.48. The maximum Gasteiger partial charge on any atom is 0.274 e. The smallest absolute Gasteiger partial charge is 0.274 e. The maximum absolute atomic E-state index is 13.1. The zero-order valence-electron chi connectivity index (χ0n) is 21.3. The fraction of sp³-hybridized carbons (Fsp3) is 0.600. The van der Waals surface area contributed by atoms with Gasteiger partial charge in [0.05, 0.1) is 17.8 Å². The van der Waals surface area contributed by atoms with Crippen LogP contribution in [0.15, 0.2) is 34.0 Å². The van der Waals surface area contributed by atoms with E-state index in [1.54, 1.807) is 4.90 Å². The molecule has 2 aliphatic rings. The molecule has 11 nitrogen and oxygen atoms in total. The van der Waals surface area contributed by atoms with Crippen LogP contribution >= 0.6 is 0 Å². The molecule has 1 spiro atoms. The van der Waals surface area contributed by atoms with Crippen molar-refractivity contribution < 1.29 is 9.32 Å². The second-order valence-electron chi connectivity index (χ2n) is 10.4. The quantitative estimate of drug-likeness (QED) is 0.506. The van der Waals surface area contributed by atoms with Gasteiger partial charge in [0.25, 0.3) is 17.4 Å². The molecule has 0 aliphatic carbocycles. The molecule has 3 unspecified atom stereocenters. The number of nitrogens with one attached hydrogen (secondary N) is 1. The van der Waals surface area contributed by atoms with Gasteiger partial charge in [0.2, 0.25) is 0 Å². The third-order valence-corrected chi connectivity index (χ3v) is 7.70. The van der Waals surface area contributed by atoms with Crippen LogP contribution in [0.1, 0.15) is 85.8 Å². The molecule has 3 aromatic rings. The van der Waals surface area contributed by atoms with E-state index in [2.05, 4.69) is 47.0 Å². The van der Waals surface area contributed by atoms with E-state index in [9.17, 15) is 9.59 Å². The highest BCUT2D eigenvalue weighted by Gasteiger charge is 2.56. The molecule has 1 N–H and O–H groups in total. The summed E-state index contributed by atoms with van der Waals surface area (Å²) in [5.74, 6) is 1.34. The van der Waals surface area contributed by atoms with Crippen molar-refractivity contribution >= 4 is 5.91 Å². The topological polar surface area (TPSA) is 126 Å². The van der Waals surface area contributed by atoms with Gasteiger partial charge in [-0.3, -0.25) is 14.3 Å². The number of H-pyrrole nitrogens is 1. The van der Waals surface area contributed by atoms with Crippen LogP contribution in [0.4, 0.5) is 0 Å². The predicted molar refractivity (Wildman–Crippen MR) is 132 cm³/mol. The first-order valence-electron chi connectivity index (χ1n) is 12.7. The summed E-state index contributed by atoms with van der Waals surface area (Å²) < 4.78 is 7.62. The second kappa shape index (κ2) is 9.61. The minimum absolute atomic E-state index is 0.0488. The lowest BCUT2D eigenvalue weighted by Crippen LogP contribution is -2.58. The van der Waals surface area contributed by atoms with E-state index in [4.69, 9.17) is 14.6 Å². The van der Waals surface area contributed by atoms with Crippen molar-refractivity contribution in [2.24, 2.45) is 5.41 Å². The number of aromatic amines is 1. The fourth-order valence-electron chi connectivity index (χ4n) is 5.82. The number of nitrogens with zero attached hydrogens (tertiary/aromatic N) is 7. The molecule has 11 heteroatoms.